The summed E-state index contributed by atoms with van der Waals surface area (Å²) in [5.41, 5.74) is 1.98. The van der Waals surface area contributed by atoms with Crippen LogP contribution in [0.3, 0.4) is 0 Å². The quantitative estimate of drug-likeness (QED) is 0.834. The molecule has 1 saturated heterocycles. The Kier molecular flexibility index (Phi) is 5.50. The Hall–Kier alpha value is -2.18. The number of benzene rings is 1. The van der Waals surface area contributed by atoms with Gasteiger partial charge in [0.25, 0.3) is 0 Å². The lowest BCUT2D eigenvalue weighted by Crippen LogP contribution is -2.41. The van der Waals surface area contributed by atoms with Crippen LogP contribution in [0.4, 0.5) is 5.95 Å². The number of aryl methyl sites for hydroxylation is 1. The number of likely N-dealkylation sites (tertiary alicyclic amines) is 1. The van der Waals surface area contributed by atoms with Gasteiger partial charge in [-0.15, -0.1) is 0 Å². The van der Waals surface area contributed by atoms with Gasteiger partial charge in [-0.1, -0.05) is 18.2 Å². The van der Waals surface area contributed by atoms with Gasteiger partial charge >= 0.3 is 0 Å². The predicted molar refractivity (Wildman–Crippen MR) is 97.9 cm³/mol. The van der Waals surface area contributed by atoms with E-state index in [1.807, 2.05) is 37.6 Å². The third-order valence-electron chi connectivity index (χ3n) is 4.75. The van der Waals surface area contributed by atoms with E-state index in [0.29, 0.717) is 12.6 Å². The molecule has 2 heterocycles. The SMILES string of the molecule is CNc1ncc(CN2CCC(COc3ccccc3C)(OC)C2)cn1. The highest BCUT2D eigenvalue weighted by Crippen LogP contribution is 2.28. The van der Waals surface area contributed by atoms with Crippen LogP contribution in [0.15, 0.2) is 36.7 Å². The molecule has 1 fully saturated rings. The molecule has 1 aliphatic rings. The first-order valence-corrected chi connectivity index (χ1v) is 8.59. The third kappa shape index (κ3) is 4.27. The Bertz CT molecular complexity index is 692. The highest BCUT2D eigenvalue weighted by molar-refractivity contribution is 5.31. The van der Waals surface area contributed by atoms with E-state index in [4.69, 9.17) is 9.47 Å². The van der Waals surface area contributed by atoms with Crippen LogP contribution in [0.5, 0.6) is 5.75 Å². The van der Waals surface area contributed by atoms with Crippen molar-refractivity contribution in [2.75, 3.05) is 39.2 Å². The van der Waals surface area contributed by atoms with Crippen molar-refractivity contribution in [3.63, 3.8) is 0 Å². The molecule has 0 spiro atoms. The molecule has 25 heavy (non-hydrogen) atoms. The van der Waals surface area contributed by atoms with E-state index in [2.05, 4.69) is 33.2 Å². The van der Waals surface area contributed by atoms with Gasteiger partial charge in [0.05, 0.1) is 0 Å². The maximum atomic E-state index is 6.06. The number of hydrogen-bond donors (Lipinski definition) is 1. The van der Waals surface area contributed by atoms with Crippen LogP contribution in [0, 0.1) is 6.92 Å². The number of methoxy groups -OCH3 is 1. The summed E-state index contributed by atoms with van der Waals surface area (Å²) >= 11 is 0. The standard InChI is InChI=1S/C19H26N4O2/c1-15-6-4-5-7-17(15)25-14-19(24-3)8-9-23(13-19)12-16-10-21-18(20-2)22-11-16/h4-7,10-11H,8-9,12-14H2,1-3H3,(H,20,21,22). The van der Waals surface area contributed by atoms with Crippen molar-refractivity contribution in [1.29, 1.82) is 0 Å². The van der Waals surface area contributed by atoms with E-state index in [0.717, 1.165) is 42.9 Å². The summed E-state index contributed by atoms with van der Waals surface area (Å²) in [5.74, 6) is 1.57. The normalized spacial score (nSPS) is 20.6. The van der Waals surface area contributed by atoms with Gasteiger partial charge < -0.3 is 14.8 Å². The number of nitrogens with one attached hydrogen (secondary N) is 1. The van der Waals surface area contributed by atoms with Gasteiger partial charge in [0.1, 0.15) is 18.0 Å². The van der Waals surface area contributed by atoms with Gasteiger partial charge in [0, 0.05) is 51.7 Å². The second-order valence-corrected chi connectivity index (χ2v) is 6.57. The molecule has 1 N–H and O–H groups in total. The molecule has 134 valence electrons. The summed E-state index contributed by atoms with van der Waals surface area (Å²) in [6.07, 6.45) is 4.69. The average molecular weight is 342 g/mol. The summed E-state index contributed by atoms with van der Waals surface area (Å²) in [5, 5.41) is 2.93. The predicted octanol–water partition coefficient (Wildman–Crippen LogP) is 2.50. The van der Waals surface area contributed by atoms with Crippen LogP contribution in [0.1, 0.15) is 17.5 Å². The van der Waals surface area contributed by atoms with Crippen molar-refractivity contribution in [2.24, 2.45) is 0 Å². The third-order valence-corrected chi connectivity index (χ3v) is 4.75. The molecule has 6 heteroatoms. The van der Waals surface area contributed by atoms with Gasteiger partial charge in [0.15, 0.2) is 0 Å². The molecule has 1 aromatic carbocycles. The van der Waals surface area contributed by atoms with Crippen LogP contribution in [0.25, 0.3) is 0 Å². The molecule has 2 aromatic rings. The average Bonchev–Trinajstić information content (AvgIpc) is 3.05. The molecule has 1 aliphatic heterocycles. The first-order chi connectivity index (χ1) is 12.1. The summed E-state index contributed by atoms with van der Waals surface area (Å²) < 4.78 is 11.9. The molecule has 1 aromatic heterocycles. The first-order valence-electron chi connectivity index (χ1n) is 8.59. The van der Waals surface area contributed by atoms with Crippen molar-refractivity contribution >= 4 is 5.95 Å². The number of aromatic nitrogens is 2. The monoisotopic (exact) mass is 342 g/mol. The summed E-state index contributed by atoms with van der Waals surface area (Å²) in [7, 11) is 3.59. The zero-order chi connectivity index (χ0) is 17.7. The molecular formula is C19H26N4O2. The largest absolute Gasteiger partial charge is 0.490 e. The van der Waals surface area contributed by atoms with Crippen LogP contribution in [-0.2, 0) is 11.3 Å². The van der Waals surface area contributed by atoms with Crippen LogP contribution in [-0.4, -0.2) is 54.3 Å². The Labute approximate surface area is 149 Å². The molecule has 0 amide bonds. The molecular weight excluding hydrogens is 316 g/mol. The van der Waals surface area contributed by atoms with Crippen molar-refractivity contribution in [1.82, 2.24) is 14.9 Å². The zero-order valence-electron chi connectivity index (χ0n) is 15.2. The van der Waals surface area contributed by atoms with Gasteiger partial charge in [-0.05, 0) is 25.0 Å². The van der Waals surface area contributed by atoms with Crippen molar-refractivity contribution in [3.05, 3.63) is 47.8 Å². The molecule has 1 unspecified atom stereocenters. The highest BCUT2D eigenvalue weighted by Gasteiger charge is 2.39. The first kappa shape index (κ1) is 17.6. The number of ether oxygens (including phenoxy) is 2. The van der Waals surface area contributed by atoms with E-state index < -0.39 is 0 Å². The van der Waals surface area contributed by atoms with Crippen LogP contribution < -0.4 is 10.1 Å². The van der Waals surface area contributed by atoms with E-state index in [1.54, 1.807) is 7.11 Å². The Balaban J connectivity index is 1.59. The lowest BCUT2D eigenvalue weighted by molar-refractivity contribution is -0.0360. The molecule has 3 rings (SSSR count). The number of para-hydroxylation sites is 1. The molecule has 1 atom stereocenters. The van der Waals surface area contributed by atoms with E-state index in [1.165, 1.54) is 0 Å². The van der Waals surface area contributed by atoms with E-state index >= 15 is 0 Å². The number of nitrogens with zero attached hydrogens (tertiary/aromatic N) is 3. The van der Waals surface area contributed by atoms with Gasteiger partial charge in [-0.25, -0.2) is 9.97 Å². The lowest BCUT2D eigenvalue weighted by Gasteiger charge is -2.28. The molecule has 0 bridgehead atoms. The van der Waals surface area contributed by atoms with Gasteiger partial charge in [0.2, 0.25) is 5.95 Å². The van der Waals surface area contributed by atoms with Crippen LogP contribution in [0.2, 0.25) is 0 Å². The fourth-order valence-corrected chi connectivity index (χ4v) is 3.16. The molecule has 0 aliphatic carbocycles. The molecule has 0 saturated carbocycles. The van der Waals surface area contributed by atoms with E-state index in [9.17, 15) is 0 Å². The second-order valence-electron chi connectivity index (χ2n) is 6.57. The van der Waals surface area contributed by atoms with Crippen molar-refractivity contribution < 1.29 is 9.47 Å². The Morgan fingerprint density at radius 1 is 1.24 bits per heavy atom. The number of anilines is 1. The second kappa shape index (κ2) is 7.80. The smallest absolute Gasteiger partial charge is 0.222 e. The Morgan fingerprint density at radius 2 is 2.00 bits per heavy atom. The van der Waals surface area contributed by atoms with E-state index in [-0.39, 0.29) is 5.60 Å². The number of rotatable bonds is 7. The minimum Gasteiger partial charge on any atom is -0.490 e. The maximum Gasteiger partial charge on any atom is 0.222 e. The van der Waals surface area contributed by atoms with Crippen molar-refractivity contribution in [2.45, 2.75) is 25.5 Å². The fourth-order valence-electron chi connectivity index (χ4n) is 3.16. The summed E-state index contributed by atoms with van der Waals surface area (Å²) in [6, 6.07) is 8.08. The topological polar surface area (TPSA) is 59.5 Å². The minimum atomic E-state index is -0.270. The highest BCUT2D eigenvalue weighted by atomic mass is 16.5. The van der Waals surface area contributed by atoms with Gasteiger partial charge in [-0.3, -0.25) is 4.90 Å². The molecule has 0 radical (unpaired) electrons. The van der Waals surface area contributed by atoms with Crippen molar-refractivity contribution in [3.8, 4) is 5.75 Å². The van der Waals surface area contributed by atoms with Crippen LogP contribution >= 0.6 is 0 Å². The minimum absolute atomic E-state index is 0.270. The maximum absolute atomic E-state index is 6.06. The fraction of sp³-hybridized carbons (Fsp3) is 0.474. The zero-order valence-corrected chi connectivity index (χ0v) is 15.2. The summed E-state index contributed by atoms with van der Waals surface area (Å²) in [6.45, 7) is 5.24. The Morgan fingerprint density at radius 3 is 2.68 bits per heavy atom. The lowest BCUT2D eigenvalue weighted by atomic mass is 10.0. The number of hydrogen-bond acceptors (Lipinski definition) is 6. The summed E-state index contributed by atoms with van der Waals surface area (Å²) in [4.78, 5) is 10.9. The van der Waals surface area contributed by atoms with Gasteiger partial charge in [-0.2, -0.15) is 0 Å². The molecule has 6 nitrogen and oxygen atoms in total.